The molecule has 0 aromatic rings. The molecule has 0 aliphatic rings. The van der Waals surface area contributed by atoms with Gasteiger partial charge in [-0.1, -0.05) is 371 Å². The highest BCUT2D eigenvalue weighted by molar-refractivity contribution is 5.76. The normalized spacial score (nSPS) is 12.7. The first kappa shape index (κ1) is 80.1. The molecule has 0 radical (unpaired) electrons. The molecular formula is C76H145NO5. The van der Waals surface area contributed by atoms with E-state index in [0.29, 0.717) is 19.4 Å². The first-order valence-electron chi connectivity index (χ1n) is 37.3. The fourth-order valence-electron chi connectivity index (χ4n) is 11.7. The maximum absolute atomic E-state index is 12.5. The fraction of sp³-hybridized carbons (Fsp3) is 0.895. The monoisotopic (exact) mass is 1150 g/mol. The van der Waals surface area contributed by atoms with Gasteiger partial charge in [-0.05, 0) is 64.2 Å². The number of rotatable bonds is 70. The van der Waals surface area contributed by atoms with Gasteiger partial charge in [0.1, 0.15) is 0 Å². The molecule has 0 aromatic carbocycles. The molecule has 1 amide bonds. The summed E-state index contributed by atoms with van der Waals surface area (Å²) in [5, 5.41) is 23.3. The van der Waals surface area contributed by atoms with Crippen LogP contribution in [0.5, 0.6) is 0 Å². The standard InChI is InChI=1S/C76H145NO5/c1-3-5-7-9-11-13-15-17-19-20-21-22-31-34-37-41-44-48-52-56-60-64-68-74(79)73(72-78)77-75(80)69-65-61-57-53-49-45-42-38-35-32-29-27-25-23-24-26-28-30-33-36-39-43-47-51-55-59-63-67-71-82-76(81)70-66-62-58-54-50-46-40-18-16-14-12-10-8-6-4-2/h12,14,18,40,64,68,73-74,78-79H,3-11,13,15-17,19-39,41-63,65-67,69-72H2,1-2H3,(H,77,80)/b14-12-,40-18-,68-64+. The first-order chi connectivity index (χ1) is 40.5. The van der Waals surface area contributed by atoms with E-state index in [-0.39, 0.29) is 18.5 Å². The zero-order chi connectivity index (χ0) is 59.2. The van der Waals surface area contributed by atoms with Crippen LogP contribution in [0.1, 0.15) is 412 Å². The number of nitrogens with one attached hydrogen (secondary N) is 1. The molecule has 82 heavy (non-hydrogen) atoms. The molecule has 0 rings (SSSR count). The van der Waals surface area contributed by atoms with Crippen LogP contribution in [0.2, 0.25) is 0 Å². The fourth-order valence-corrected chi connectivity index (χ4v) is 11.7. The molecule has 2 atom stereocenters. The lowest BCUT2D eigenvalue weighted by Crippen LogP contribution is -2.45. The van der Waals surface area contributed by atoms with Crippen molar-refractivity contribution in [3.8, 4) is 0 Å². The number of unbranched alkanes of at least 4 members (excludes halogenated alkanes) is 55. The second-order valence-corrected chi connectivity index (χ2v) is 25.6. The molecule has 0 aliphatic heterocycles. The Morgan fingerprint density at radius 2 is 0.610 bits per heavy atom. The van der Waals surface area contributed by atoms with Crippen LogP contribution in [0.25, 0.3) is 0 Å². The van der Waals surface area contributed by atoms with Crippen molar-refractivity contribution in [1.82, 2.24) is 5.32 Å². The van der Waals surface area contributed by atoms with Gasteiger partial charge in [-0.2, -0.15) is 0 Å². The molecule has 6 nitrogen and oxygen atoms in total. The van der Waals surface area contributed by atoms with Gasteiger partial charge in [0, 0.05) is 12.8 Å². The summed E-state index contributed by atoms with van der Waals surface area (Å²) in [5.41, 5.74) is 0. The van der Waals surface area contributed by atoms with Crippen molar-refractivity contribution in [3.63, 3.8) is 0 Å². The summed E-state index contributed by atoms with van der Waals surface area (Å²) in [6.45, 7) is 4.91. The molecule has 3 N–H and O–H groups in total. The maximum atomic E-state index is 12.5. The van der Waals surface area contributed by atoms with E-state index in [9.17, 15) is 19.8 Å². The van der Waals surface area contributed by atoms with Gasteiger partial charge in [0.25, 0.3) is 0 Å². The van der Waals surface area contributed by atoms with Crippen LogP contribution < -0.4 is 5.32 Å². The lowest BCUT2D eigenvalue weighted by Gasteiger charge is -2.20. The number of allylic oxidation sites excluding steroid dienone is 5. The number of aliphatic hydroxyl groups is 2. The third kappa shape index (κ3) is 67.2. The molecular weight excluding hydrogens is 1010 g/mol. The van der Waals surface area contributed by atoms with Gasteiger partial charge in [0.15, 0.2) is 0 Å². The maximum Gasteiger partial charge on any atom is 0.305 e. The Morgan fingerprint density at radius 3 is 0.951 bits per heavy atom. The van der Waals surface area contributed by atoms with E-state index in [4.69, 9.17) is 4.74 Å². The van der Waals surface area contributed by atoms with E-state index in [2.05, 4.69) is 43.5 Å². The Morgan fingerprint density at radius 1 is 0.341 bits per heavy atom. The minimum Gasteiger partial charge on any atom is -0.466 e. The predicted molar refractivity (Wildman–Crippen MR) is 361 cm³/mol. The zero-order valence-electron chi connectivity index (χ0n) is 55.5. The molecule has 6 heteroatoms. The van der Waals surface area contributed by atoms with E-state index in [1.807, 2.05) is 6.08 Å². The Labute approximate surface area is 513 Å². The Bertz CT molecular complexity index is 1330. The summed E-state index contributed by atoms with van der Waals surface area (Å²) < 4.78 is 5.49. The van der Waals surface area contributed by atoms with Crippen molar-refractivity contribution in [3.05, 3.63) is 36.5 Å². The van der Waals surface area contributed by atoms with Gasteiger partial charge >= 0.3 is 5.97 Å². The highest BCUT2D eigenvalue weighted by atomic mass is 16.5. The minimum atomic E-state index is -0.844. The van der Waals surface area contributed by atoms with Crippen LogP contribution in [0.3, 0.4) is 0 Å². The largest absolute Gasteiger partial charge is 0.466 e. The first-order valence-corrected chi connectivity index (χ1v) is 37.3. The van der Waals surface area contributed by atoms with Crippen molar-refractivity contribution in [2.45, 2.75) is 424 Å². The topological polar surface area (TPSA) is 95.9 Å². The SMILES string of the molecule is CCCCC/C=C\C/C=C\CCCCCCCC(=O)OCCCCCCCCCCCCCCCCCCCCCCCCCCCCCCC(=O)NC(CO)C(O)/C=C/CCCCCCCCCCCCCCCCCCCCCC. The van der Waals surface area contributed by atoms with E-state index >= 15 is 0 Å². The summed E-state index contributed by atoms with van der Waals surface area (Å²) in [5.74, 6) is -0.0557. The minimum absolute atomic E-state index is 0.00498. The Balaban J connectivity index is 3.38. The molecule has 2 unspecified atom stereocenters. The number of carbonyl (C=O) groups is 2. The molecule has 0 aromatic heterocycles. The van der Waals surface area contributed by atoms with Crippen LogP contribution in [0.15, 0.2) is 36.5 Å². The third-order valence-corrected chi connectivity index (χ3v) is 17.4. The zero-order valence-corrected chi connectivity index (χ0v) is 55.5. The van der Waals surface area contributed by atoms with Gasteiger partial charge in [-0.3, -0.25) is 9.59 Å². The molecule has 0 bridgehead atoms. The number of carbonyl (C=O) groups excluding carboxylic acids is 2. The number of hydrogen-bond donors (Lipinski definition) is 3. The molecule has 0 fully saturated rings. The van der Waals surface area contributed by atoms with Gasteiger partial charge in [0.2, 0.25) is 5.91 Å². The average Bonchev–Trinajstić information content (AvgIpc) is 3.48. The third-order valence-electron chi connectivity index (χ3n) is 17.4. The van der Waals surface area contributed by atoms with Gasteiger partial charge < -0.3 is 20.3 Å². The number of hydrogen-bond acceptors (Lipinski definition) is 5. The van der Waals surface area contributed by atoms with Crippen molar-refractivity contribution >= 4 is 11.9 Å². The van der Waals surface area contributed by atoms with Crippen LogP contribution in [-0.2, 0) is 14.3 Å². The summed E-state index contributed by atoms with van der Waals surface area (Å²) in [6, 6.07) is -0.627. The molecule has 0 saturated heterocycles. The highest BCUT2D eigenvalue weighted by Gasteiger charge is 2.18. The summed E-state index contributed by atoms with van der Waals surface area (Å²) in [4.78, 5) is 24.6. The summed E-state index contributed by atoms with van der Waals surface area (Å²) in [7, 11) is 0. The summed E-state index contributed by atoms with van der Waals surface area (Å²) >= 11 is 0. The van der Waals surface area contributed by atoms with E-state index in [1.165, 1.54) is 334 Å². The van der Waals surface area contributed by atoms with Crippen molar-refractivity contribution in [1.29, 1.82) is 0 Å². The highest BCUT2D eigenvalue weighted by Crippen LogP contribution is 2.19. The number of aliphatic hydroxyl groups excluding tert-OH is 2. The van der Waals surface area contributed by atoms with E-state index < -0.39 is 12.1 Å². The number of ether oxygens (including phenoxy) is 1. The molecule has 0 aliphatic carbocycles. The Kier molecular flexibility index (Phi) is 69.9. The predicted octanol–water partition coefficient (Wildman–Crippen LogP) is 24.3. The van der Waals surface area contributed by atoms with Crippen LogP contribution >= 0.6 is 0 Å². The summed E-state index contributed by atoms with van der Waals surface area (Å²) in [6.07, 6.45) is 92.4. The second-order valence-electron chi connectivity index (χ2n) is 25.6. The van der Waals surface area contributed by atoms with Gasteiger partial charge in [0.05, 0.1) is 25.4 Å². The lowest BCUT2D eigenvalue weighted by molar-refractivity contribution is -0.143. The lowest BCUT2D eigenvalue weighted by atomic mass is 10.0. The Hall–Kier alpha value is -1.92. The van der Waals surface area contributed by atoms with Gasteiger partial charge in [-0.25, -0.2) is 0 Å². The number of esters is 1. The second kappa shape index (κ2) is 71.6. The van der Waals surface area contributed by atoms with E-state index in [1.54, 1.807) is 6.08 Å². The van der Waals surface area contributed by atoms with Crippen molar-refractivity contribution < 1.29 is 24.5 Å². The molecule has 0 spiro atoms. The van der Waals surface area contributed by atoms with E-state index in [0.717, 1.165) is 51.4 Å². The quantitative estimate of drug-likeness (QED) is 0.0320. The average molecular weight is 1150 g/mol. The molecule has 0 heterocycles. The van der Waals surface area contributed by atoms with Crippen LogP contribution in [0, 0.1) is 0 Å². The van der Waals surface area contributed by atoms with Crippen LogP contribution in [0.4, 0.5) is 0 Å². The number of amides is 1. The van der Waals surface area contributed by atoms with Crippen molar-refractivity contribution in [2.75, 3.05) is 13.2 Å². The van der Waals surface area contributed by atoms with Gasteiger partial charge in [-0.15, -0.1) is 0 Å². The van der Waals surface area contributed by atoms with Crippen molar-refractivity contribution in [2.24, 2.45) is 0 Å². The molecule has 0 saturated carbocycles. The van der Waals surface area contributed by atoms with Crippen LogP contribution in [-0.4, -0.2) is 47.4 Å². The molecule has 484 valence electrons. The smallest absolute Gasteiger partial charge is 0.305 e.